The lowest BCUT2D eigenvalue weighted by Gasteiger charge is -2.17. The van der Waals surface area contributed by atoms with E-state index in [1.54, 1.807) is 86.1 Å². The van der Waals surface area contributed by atoms with Gasteiger partial charge in [0.25, 0.3) is 0 Å². The summed E-state index contributed by atoms with van der Waals surface area (Å²) in [5.74, 6) is 2.00. The van der Waals surface area contributed by atoms with E-state index in [9.17, 15) is 0 Å². The lowest BCUT2D eigenvalue weighted by Crippen LogP contribution is -2.02. The van der Waals surface area contributed by atoms with Crippen LogP contribution in [0.15, 0.2) is 159 Å². The second-order valence-corrected chi connectivity index (χ2v) is 16.7. The van der Waals surface area contributed by atoms with Crippen molar-refractivity contribution in [2.24, 2.45) is 0 Å². The summed E-state index contributed by atoms with van der Waals surface area (Å²) in [4.78, 5) is 45.4. The van der Waals surface area contributed by atoms with Crippen molar-refractivity contribution in [1.29, 1.82) is 0 Å². The van der Waals surface area contributed by atoms with Crippen LogP contribution in [-0.4, -0.2) is 79.8 Å². The van der Waals surface area contributed by atoms with Gasteiger partial charge in [-0.05, 0) is 53.5 Å². The van der Waals surface area contributed by atoms with Gasteiger partial charge in [-0.3, -0.25) is 20.1 Å². The van der Waals surface area contributed by atoms with Gasteiger partial charge in [0, 0.05) is 93.0 Å². The molecule has 316 valence electrons. The second kappa shape index (κ2) is 16.8. The van der Waals surface area contributed by atoms with Crippen LogP contribution >= 0.6 is 34.6 Å². The zero-order valence-corrected chi connectivity index (χ0v) is 36.1. The lowest BCUT2D eigenvalue weighted by atomic mass is 9.93. The maximum absolute atomic E-state index is 6.37. The number of pyridine rings is 1. The Morgan fingerprint density at radius 3 is 2.47 bits per heavy atom. The van der Waals surface area contributed by atoms with E-state index in [0.717, 1.165) is 38.0 Å². The number of oxazole rings is 1. The van der Waals surface area contributed by atoms with Crippen LogP contribution in [-0.2, 0) is 0 Å². The highest BCUT2D eigenvalue weighted by molar-refractivity contribution is 7.99. The van der Waals surface area contributed by atoms with Gasteiger partial charge < -0.3 is 18.8 Å². The van der Waals surface area contributed by atoms with Crippen LogP contribution in [0.2, 0.25) is 0 Å². The highest BCUT2D eigenvalue weighted by atomic mass is 32.2. The Morgan fingerprint density at radius 2 is 1.59 bits per heavy atom. The first-order valence-corrected chi connectivity index (χ1v) is 22.4. The number of hydrogen-bond acceptors (Lipinski definition) is 18. The quantitative estimate of drug-likeness (QED) is 0.103. The largest absolute Gasteiger partial charge is 0.462 e. The zero-order valence-electron chi connectivity index (χ0n) is 33.6. The van der Waals surface area contributed by atoms with Crippen molar-refractivity contribution < 1.29 is 8.83 Å². The van der Waals surface area contributed by atoms with E-state index >= 15 is 0 Å². The Bertz CT molecular complexity index is 3600. The van der Waals surface area contributed by atoms with Crippen LogP contribution < -0.4 is 0 Å². The van der Waals surface area contributed by atoms with Crippen LogP contribution in [0.5, 0.6) is 0 Å². The molecule has 0 spiro atoms. The van der Waals surface area contributed by atoms with Crippen LogP contribution in [0.25, 0.3) is 113 Å². The molecule has 18 nitrogen and oxygen atoms in total. The minimum Gasteiger partial charge on any atom is -0.462 e. The Balaban J connectivity index is 0.876. The molecule has 0 saturated carbocycles. The number of imidazole rings is 1. The summed E-state index contributed by atoms with van der Waals surface area (Å²) in [5.41, 5.74) is 10.2. The topological polar surface area (TPSA) is 241 Å². The predicted octanol–water partition coefficient (Wildman–Crippen LogP) is 9.94. The molecule has 0 bridgehead atoms. The van der Waals surface area contributed by atoms with E-state index in [0.29, 0.717) is 84.7 Å². The molecule has 0 aliphatic heterocycles. The average Bonchev–Trinajstić information content (AvgIpc) is 4.22. The van der Waals surface area contributed by atoms with E-state index in [4.69, 9.17) is 23.8 Å². The Hall–Kier alpha value is -8.66. The fraction of sp³-hybridized carbons (Fsp3) is 0. The normalized spacial score (nSPS) is 11.4. The molecule has 66 heavy (non-hydrogen) atoms. The van der Waals surface area contributed by atoms with Gasteiger partial charge in [-0.15, -0.1) is 16.4 Å². The van der Waals surface area contributed by atoms with E-state index in [2.05, 4.69) is 77.0 Å². The standard InChI is InChI=1S/C45H26N16O2S3/c1-2-7-35(24(5-1)25-9-16-62-40(25)39-37(29-6-3-12-53-58-29)36(42-48-10-4-11-49-42)27(17-51-39)30-19-46-14-15-47-30)66-44-26(8-13-50-44)41-52-20-31(55-41)38-28(18-54-60-38)43-56-32(21-63-43)45-57-33(22-64-45)34-23-65-61-59-34/h1-23,50H,(H,52,55)(H,54,60). The SMILES string of the molecule is c1cnc(-c2c(-c3cnccn3)cnc(-c3occc3-c3ccccc3Sc3[nH]ccc3-c3ncc(-c4n[nH]cc4-c4nc(-c5nc(-c6csnn6)cs5)co4)[nH]3)c2-c2cccnn2)nc1. The third-order valence-corrected chi connectivity index (χ3v) is 12.8. The number of benzene rings is 1. The van der Waals surface area contributed by atoms with Gasteiger partial charge in [0.2, 0.25) is 5.89 Å². The van der Waals surface area contributed by atoms with Gasteiger partial charge in [0.15, 0.2) is 11.6 Å². The molecule has 12 aromatic rings. The molecule has 12 rings (SSSR count). The summed E-state index contributed by atoms with van der Waals surface area (Å²) in [6.07, 6.45) is 20.3. The highest BCUT2D eigenvalue weighted by Crippen LogP contribution is 2.47. The molecule has 3 N–H and O–H groups in total. The van der Waals surface area contributed by atoms with Crippen LogP contribution in [0.1, 0.15) is 0 Å². The molecule has 21 heteroatoms. The Morgan fingerprint density at radius 1 is 0.636 bits per heavy atom. The molecule has 0 radical (unpaired) electrons. The van der Waals surface area contributed by atoms with Crippen molar-refractivity contribution in [3.8, 4) is 113 Å². The summed E-state index contributed by atoms with van der Waals surface area (Å²) in [6.45, 7) is 0. The minimum atomic E-state index is 0.384. The number of aromatic nitrogens is 16. The predicted molar refractivity (Wildman–Crippen MR) is 246 cm³/mol. The first-order valence-electron chi connectivity index (χ1n) is 19.9. The Kier molecular flexibility index (Phi) is 9.92. The molecule has 0 saturated heterocycles. The highest BCUT2D eigenvalue weighted by Gasteiger charge is 2.28. The molecular weight excluding hydrogens is 893 g/mol. The van der Waals surface area contributed by atoms with Crippen LogP contribution in [0, 0.1) is 0 Å². The van der Waals surface area contributed by atoms with Crippen molar-refractivity contribution in [3.63, 3.8) is 0 Å². The van der Waals surface area contributed by atoms with Crippen LogP contribution in [0.3, 0.4) is 0 Å². The van der Waals surface area contributed by atoms with Gasteiger partial charge in [-0.25, -0.2) is 24.9 Å². The summed E-state index contributed by atoms with van der Waals surface area (Å²) in [6, 6.07) is 17.5. The van der Waals surface area contributed by atoms with Gasteiger partial charge in [0.05, 0.1) is 46.3 Å². The van der Waals surface area contributed by atoms with E-state index in [1.165, 1.54) is 22.9 Å². The molecule has 0 fully saturated rings. The molecule has 0 amide bonds. The third kappa shape index (κ3) is 7.13. The smallest absolute Gasteiger partial charge is 0.230 e. The van der Waals surface area contributed by atoms with E-state index < -0.39 is 0 Å². The van der Waals surface area contributed by atoms with Crippen molar-refractivity contribution >= 4 is 34.6 Å². The van der Waals surface area contributed by atoms with Crippen molar-refractivity contribution in [1.82, 2.24) is 79.8 Å². The second-order valence-electron chi connectivity index (χ2n) is 14.2. The zero-order chi connectivity index (χ0) is 43.8. The minimum absolute atomic E-state index is 0.384. The van der Waals surface area contributed by atoms with E-state index in [1.807, 2.05) is 53.4 Å². The maximum Gasteiger partial charge on any atom is 0.230 e. The van der Waals surface area contributed by atoms with Crippen molar-refractivity contribution in [3.05, 3.63) is 140 Å². The lowest BCUT2D eigenvalue weighted by molar-refractivity contribution is 0.575. The van der Waals surface area contributed by atoms with E-state index in [-0.39, 0.29) is 0 Å². The van der Waals surface area contributed by atoms with Gasteiger partial charge in [0.1, 0.15) is 45.6 Å². The number of furan rings is 1. The first kappa shape index (κ1) is 39.0. The number of thiazole rings is 1. The van der Waals surface area contributed by atoms with Crippen LogP contribution in [0.4, 0.5) is 0 Å². The molecular formula is C45H26N16O2S3. The fourth-order valence-corrected chi connectivity index (χ4v) is 9.66. The number of hydrogen-bond donors (Lipinski definition) is 3. The Labute approximate surface area is 384 Å². The number of nitrogens with one attached hydrogen (secondary N) is 3. The van der Waals surface area contributed by atoms with Crippen molar-refractivity contribution in [2.75, 3.05) is 0 Å². The third-order valence-electron chi connectivity index (χ3n) is 10.3. The number of aromatic amines is 3. The average molecular weight is 919 g/mol. The molecule has 11 heterocycles. The van der Waals surface area contributed by atoms with Gasteiger partial charge in [-0.2, -0.15) is 15.3 Å². The monoisotopic (exact) mass is 918 g/mol. The first-order chi connectivity index (χ1) is 32.7. The molecule has 0 unspecified atom stereocenters. The molecule has 0 aliphatic carbocycles. The fourth-order valence-electron chi connectivity index (χ4n) is 7.40. The van der Waals surface area contributed by atoms with Gasteiger partial charge >= 0.3 is 0 Å². The summed E-state index contributed by atoms with van der Waals surface area (Å²) >= 11 is 4.29. The molecule has 1 aromatic carbocycles. The molecule has 0 aliphatic rings. The van der Waals surface area contributed by atoms with Gasteiger partial charge in [-0.1, -0.05) is 34.4 Å². The molecule has 11 aromatic heterocycles. The number of nitrogens with zero attached hydrogens (tertiary/aromatic N) is 13. The molecule has 0 atom stereocenters. The summed E-state index contributed by atoms with van der Waals surface area (Å²) in [5, 5.41) is 25.7. The summed E-state index contributed by atoms with van der Waals surface area (Å²) < 4.78 is 16.3. The number of H-pyrrole nitrogens is 3. The summed E-state index contributed by atoms with van der Waals surface area (Å²) in [7, 11) is 0. The number of rotatable bonds is 12. The van der Waals surface area contributed by atoms with Crippen molar-refractivity contribution in [2.45, 2.75) is 9.92 Å². The maximum atomic E-state index is 6.37.